The molecule has 7 nitrogen and oxygen atoms in total. The van der Waals surface area contributed by atoms with Crippen molar-refractivity contribution < 1.29 is 19.1 Å². The minimum Gasteiger partial charge on any atom is -0.465 e. The number of benzene rings is 1. The first-order valence-corrected chi connectivity index (χ1v) is 8.49. The van der Waals surface area contributed by atoms with Crippen LogP contribution in [0.2, 0.25) is 0 Å². The number of allylic oxidation sites excluding steroid dienone is 1. The Balaban J connectivity index is 3.02. The second-order valence-corrected chi connectivity index (χ2v) is 7.20. The molecular weight excluding hydrogens is 358 g/mol. The average molecular weight is 379 g/mol. The second-order valence-electron chi connectivity index (χ2n) is 7.20. The van der Waals surface area contributed by atoms with Crippen LogP contribution in [0, 0.1) is 28.1 Å². The number of carbonyl (C=O) groups is 2. The number of nitriles is 2. The van der Waals surface area contributed by atoms with Crippen LogP contribution < -0.4 is 5.32 Å². The van der Waals surface area contributed by atoms with Crippen LogP contribution in [-0.4, -0.2) is 31.7 Å². The third-order valence-electron chi connectivity index (χ3n) is 4.18. The van der Waals surface area contributed by atoms with Crippen LogP contribution in [-0.2, 0) is 19.1 Å². The molecule has 0 saturated carbocycles. The Bertz CT molecular complexity index is 940. The molecule has 0 radical (unpaired) electrons. The molecule has 0 aromatic heterocycles. The summed E-state index contributed by atoms with van der Waals surface area (Å²) in [5, 5.41) is 23.2. The van der Waals surface area contributed by atoms with Crippen molar-refractivity contribution in [3.05, 3.63) is 52.7 Å². The fourth-order valence-electron chi connectivity index (χ4n) is 3.11. The summed E-state index contributed by atoms with van der Waals surface area (Å²) in [6.07, 6.45) is 0. The number of rotatable bonds is 4. The normalized spacial score (nSPS) is 15.5. The topological polar surface area (TPSA) is 112 Å². The van der Waals surface area contributed by atoms with Crippen molar-refractivity contribution in [2.75, 3.05) is 14.2 Å². The lowest BCUT2D eigenvalue weighted by Crippen LogP contribution is -2.41. The highest BCUT2D eigenvalue weighted by Gasteiger charge is 2.54. The molecule has 0 bridgehead atoms. The molecule has 1 aromatic carbocycles. The number of ether oxygens (including phenoxy) is 2. The molecule has 7 heteroatoms. The molecule has 0 amide bonds. The lowest BCUT2D eigenvalue weighted by Gasteiger charge is -2.30. The van der Waals surface area contributed by atoms with Gasteiger partial charge in [0.2, 0.25) is 5.41 Å². The van der Waals surface area contributed by atoms with E-state index in [1.165, 1.54) is 14.2 Å². The zero-order valence-corrected chi connectivity index (χ0v) is 16.4. The molecule has 0 spiro atoms. The van der Waals surface area contributed by atoms with E-state index in [4.69, 9.17) is 9.47 Å². The Hall–Kier alpha value is -3.58. The summed E-state index contributed by atoms with van der Waals surface area (Å²) >= 11 is 0. The summed E-state index contributed by atoms with van der Waals surface area (Å²) in [6.45, 7) is 5.44. The molecule has 0 fully saturated rings. The van der Waals surface area contributed by atoms with Gasteiger partial charge in [0.15, 0.2) is 0 Å². The van der Waals surface area contributed by atoms with Crippen molar-refractivity contribution in [2.45, 2.75) is 26.3 Å². The highest BCUT2D eigenvalue weighted by Crippen LogP contribution is 2.51. The lowest BCUT2D eigenvalue weighted by molar-refractivity contribution is -0.139. The van der Waals surface area contributed by atoms with Gasteiger partial charge in [-0.3, -0.25) is 0 Å². The molecule has 28 heavy (non-hydrogen) atoms. The number of hydrogen-bond acceptors (Lipinski definition) is 7. The van der Waals surface area contributed by atoms with E-state index < -0.39 is 22.9 Å². The number of methoxy groups -OCH3 is 2. The molecule has 0 aliphatic heterocycles. The van der Waals surface area contributed by atoms with Crippen molar-refractivity contribution in [3.63, 3.8) is 0 Å². The van der Waals surface area contributed by atoms with Crippen LogP contribution >= 0.6 is 0 Å². The predicted octanol–water partition coefficient (Wildman–Crippen LogP) is 2.48. The molecule has 0 heterocycles. The fraction of sp³-hybridized carbons (Fsp3) is 0.333. The average Bonchev–Trinajstić information content (AvgIpc) is 2.96. The molecule has 1 aliphatic carbocycles. The largest absolute Gasteiger partial charge is 0.465 e. The number of nitrogens with one attached hydrogen (secondary N) is 1. The number of hydrogen-bond donors (Lipinski definition) is 1. The van der Waals surface area contributed by atoms with Crippen LogP contribution in [0.4, 0.5) is 0 Å². The lowest BCUT2D eigenvalue weighted by atomic mass is 9.78. The van der Waals surface area contributed by atoms with Crippen molar-refractivity contribution in [1.82, 2.24) is 5.32 Å². The van der Waals surface area contributed by atoms with E-state index in [9.17, 15) is 20.1 Å². The Morgan fingerprint density at radius 2 is 1.46 bits per heavy atom. The molecule has 0 atom stereocenters. The van der Waals surface area contributed by atoms with Gasteiger partial charge in [-0.2, -0.15) is 10.5 Å². The zero-order chi connectivity index (χ0) is 21.1. The monoisotopic (exact) mass is 379 g/mol. The van der Waals surface area contributed by atoms with Crippen molar-refractivity contribution >= 4 is 17.5 Å². The molecule has 1 N–H and O–H groups in total. The fourth-order valence-corrected chi connectivity index (χ4v) is 3.11. The molecule has 0 unspecified atom stereocenters. The van der Waals surface area contributed by atoms with Gasteiger partial charge >= 0.3 is 11.9 Å². The van der Waals surface area contributed by atoms with Crippen LogP contribution in [0.3, 0.4) is 0 Å². The Kier molecular flexibility index (Phi) is 5.61. The van der Waals surface area contributed by atoms with Crippen molar-refractivity contribution in [1.29, 1.82) is 10.5 Å². The minimum absolute atomic E-state index is 0.0103. The molecule has 0 saturated heterocycles. The molecular formula is C21H21N3O4. The van der Waals surface area contributed by atoms with Crippen LogP contribution in [0.5, 0.6) is 0 Å². The zero-order valence-electron chi connectivity index (χ0n) is 16.4. The van der Waals surface area contributed by atoms with E-state index >= 15 is 0 Å². The smallest absolute Gasteiger partial charge is 0.340 e. The first kappa shape index (κ1) is 20.7. The van der Waals surface area contributed by atoms with Gasteiger partial charge in [-0.25, -0.2) is 9.59 Å². The Morgan fingerprint density at radius 3 is 1.89 bits per heavy atom. The summed E-state index contributed by atoms with van der Waals surface area (Å²) < 4.78 is 9.76. The molecule has 1 aliphatic rings. The van der Waals surface area contributed by atoms with Gasteiger partial charge in [-0.15, -0.1) is 0 Å². The van der Waals surface area contributed by atoms with Gasteiger partial charge in [0.25, 0.3) is 0 Å². The Labute approximate surface area is 163 Å². The van der Waals surface area contributed by atoms with Gasteiger partial charge in [-0.05, 0) is 26.3 Å². The highest BCUT2D eigenvalue weighted by molar-refractivity contribution is 6.17. The summed E-state index contributed by atoms with van der Waals surface area (Å²) in [6, 6.07) is 12.5. The van der Waals surface area contributed by atoms with Gasteiger partial charge < -0.3 is 14.8 Å². The van der Waals surface area contributed by atoms with E-state index in [2.05, 4.69) is 5.32 Å². The maximum absolute atomic E-state index is 12.7. The molecule has 144 valence electrons. The van der Waals surface area contributed by atoms with Crippen molar-refractivity contribution in [3.8, 4) is 12.1 Å². The third kappa shape index (κ3) is 3.35. The summed E-state index contributed by atoms with van der Waals surface area (Å²) in [5.41, 5.74) is -2.30. The van der Waals surface area contributed by atoms with Gasteiger partial charge in [0.05, 0.1) is 43.2 Å². The van der Waals surface area contributed by atoms with Crippen molar-refractivity contribution in [2.24, 2.45) is 5.41 Å². The van der Waals surface area contributed by atoms with Gasteiger partial charge in [-0.1, -0.05) is 30.3 Å². The van der Waals surface area contributed by atoms with E-state index in [0.29, 0.717) is 5.56 Å². The number of nitrogens with zero attached hydrogens (tertiary/aromatic N) is 2. The SMILES string of the molecule is COC(=O)C1=C(NC(C)(C)C)C(C#N)(C#N)C(c2ccccc2)=C1C(=O)OC. The van der Waals surface area contributed by atoms with E-state index in [-0.39, 0.29) is 22.4 Å². The second kappa shape index (κ2) is 7.58. The summed E-state index contributed by atoms with van der Waals surface area (Å²) in [4.78, 5) is 25.3. The van der Waals surface area contributed by atoms with Gasteiger partial charge in [0, 0.05) is 11.1 Å². The van der Waals surface area contributed by atoms with E-state index in [1.807, 2.05) is 32.9 Å². The standard InChI is InChI=1S/C21H21N3O4/c1-20(2,3)24-17-15(19(26)28-5)14(18(25)27-4)16(21(17,11-22)12-23)13-9-7-6-8-10-13/h6-10,24H,1-5H3. The van der Waals surface area contributed by atoms with Crippen LogP contribution in [0.1, 0.15) is 26.3 Å². The quantitative estimate of drug-likeness (QED) is 0.800. The van der Waals surface area contributed by atoms with E-state index in [1.54, 1.807) is 30.3 Å². The third-order valence-corrected chi connectivity index (χ3v) is 4.18. The van der Waals surface area contributed by atoms with Crippen LogP contribution in [0.15, 0.2) is 47.2 Å². The summed E-state index contributed by atoms with van der Waals surface area (Å²) in [7, 11) is 2.34. The summed E-state index contributed by atoms with van der Waals surface area (Å²) in [5.74, 6) is -1.67. The first-order valence-electron chi connectivity index (χ1n) is 8.49. The highest BCUT2D eigenvalue weighted by atomic mass is 16.5. The molecule has 1 aromatic rings. The number of esters is 2. The minimum atomic E-state index is -1.91. The maximum atomic E-state index is 12.7. The van der Waals surface area contributed by atoms with Gasteiger partial charge in [0.1, 0.15) is 0 Å². The maximum Gasteiger partial charge on any atom is 0.340 e. The van der Waals surface area contributed by atoms with Crippen LogP contribution in [0.25, 0.3) is 5.57 Å². The van der Waals surface area contributed by atoms with E-state index in [0.717, 1.165) is 0 Å². The predicted molar refractivity (Wildman–Crippen MR) is 101 cm³/mol. The number of carbonyl (C=O) groups excluding carboxylic acids is 2. The first-order chi connectivity index (χ1) is 13.2. The Morgan fingerprint density at radius 1 is 0.964 bits per heavy atom. The molecule has 2 rings (SSSR count).